The molecule has 0 unspecified atom stereocenters. The Hall–Kier alpha value is -1.39. The van der Waals surface area contributed by atoms with Crippen molar-refractivity contribution >= 4 is 5.91 Å². The predicted octanol–water partition coefficient (Wildman–Crippen LogP) is 2.75. The maximum absolute atomic E-state index is 12.6. The highest BCUT2D eigenvalue weighted by atomic mass is 16.5. The van der Waals surface area contributed by atoms with Crippen LogP contribution in [0.25, 0.3) is 0 Å². The fourth-order valence-electron chi connectivity index (χ4n) is 3.34. The number of nitrogens with zero attached hydrogens (tertiary/aromatic N) is 1. The molecule has 4 nitrogen and oxygen atoms in total. The summed E-state index contributed by atoms with van der Waals surface area (Å²) >= 11 is 0. The van der Waals surface area contributed by atoms with Crippen molar-refractivity contribution in [2.45, 2.75) is 51.2 Å². The number of carbonyl (C=O) groups excluding carboxylic acids is 1. The Labute approximate surface area is 133 Å². The first-order valence-corrected chi connectivity index (χ1v) is 8.22. The van der Waals surface area contributed by atoms with Crippen LogP contribution >= 0.6 is 0 Å². The number of hydrogen-bond acceptors (Lipinski definition) is 3. The summed E-state index contributed by atoms with van der Waals surface area (Å²) in [5.41, 5.74) is 1.15. The minimum absolute atomic E-state index is 0.0468. The second kappa shape index (κ2) is 8.30. The molecule has 0 aliphatic carbocycles. The third-order valence-electron chi connectivity index (χ3n) is 4.52. The highest BCUT2D eigenvalue weighted by molar-refractivity contribution is 5.79. The van der Waals surface area contributed by atoms with Crippen LogP contribution in [0.5, 0.6) is 0 Å². The zero-order valence-electron chi connectivity index (χ0n) is 13.9. The number of likely N-dealkylation sites (tertiary alicyclic amines) is 1. The van der Waals surface area contributed by atoms with Crippen molar-refractivity contribution in [2.24, 2.45) is 0 Å². The van der Waals surface area contributed by atoms with Crippen LogP contribution in [0.3, 0.4) is 0 Å². The van der Waals surface area contributed by atoms with Gasteiger partial charge in [0, 0.05) is 19.2 Å². The average Bonchev–Trinajstić information content (AvgIpc) is 2.52. The Morgan fingerprint density at radius 2 is 1.91 bits per heavy atom. The van der Waals surface area contributed by atoms with Gasteiger partial charge in [-0.25, -0.2) is 0 Å². The molecule has 1 heterocycles. The summed E-state index contributed by atoms with van der Waals surface area (Å²) in [4.78, 5) is 14.6. The quantitative estimate of drug-likeness (QED) is 0.878. The lowest BCUT2D eigenvalue weighted by Gasteiger charge is -2.39. The van der Waals surface area contributed by atoms with Gasteiger partial charge in [-0.05, 0) is 38.7 Å². The molecular formula is C18H28N2O2. The van der Waals surface area contributed by atoms with Gasteiger partial charge in [-0.3, -0.25) is 10.1 Å². The summed E-state index contributed by atoms with van der Waals surface area (Å²) in [6.45, 7) is 5.22. The van der Waals surface area contributed by atoms with Crippen LogP contribution in [-0.4, -0.2) is 43.2 Å². The van der Waals surface area contributed by atoms with E-state index < -0.39 is 0 Å². The van der Waals surface area contributed by atoms with E-state index >= 15 is 0 Å². The van der Waals surface area contributed by atoms with Gasteiger partial charge in [0.1, 0.15) is 0 Å². The van der Waals surface area contributed by atoms with Crippen LogP contribution in [0, 0.1) is 0 Å². The lowest BCUT2D eigenvalue weighted by Crippen LogP contribution is -2.50. The number of methoxy groups -OCH3 is 1. The van der Waals surface area contributed by atoms with Gasteiger partial charge in [-0.1, -0.05) is 30.3 Å². The number of piperidine rings is 1. The van der Waals surface area contributed by atoms with E-state index in [2.05, 4.69) is 31.3 Å². The summed E-state index contributed by atoms with van der Waals surface area (Å²) in [5, 5.41) is 3.36. The minimum atomic E-state index is 0.0468. The summed E-state index contributed by atoms with van der Waals surface area (Å²) < 4.78 is 5.29. The van der Waals surface area contributed by atoms with E-state index in [1.165, 1.54) is 6.42 Å². The van der Waals surface area contributed by atoms with E-state index in [4.69, 9.17) is 4.74 Å². The van der Waals surface area contributed by atoms with Gasteiger partial charge in [-0.2, -0.15) is 0 Å². The molecule has 1 aliphatic heterocycles. The van der Waals surface area contributed by atoms with Crippen molar-refractivity contribution in [2.75, 3.05) is 20.3 Å². The fraction of sp³-hybridized carbons (Fsp3) is 0.611. The Kier molecular flexibility index (Phi) is 6.40. The minimum Gasteiger partial charge on any atom is -0.383 e. The van der Waals surface area contributed by atoms with Gasteiger partial charge in [0.15, 0.2) is 0 Å². The lowest BCUT2D eigenvalue weighted by atomic mass is 9.97. The Balaban J connectivity index is 1.95. The molecular weight excluding hydrogens is 276 g/mol. The third-order valence-corrected chi connectivity index (χ3v) is 4.52. The SMILES string of the molecule is COC[C@H](NCC(=O)N1[C@H](C)CCC[C@@H]1C)c1ccccc1. The van der Waals surface area contributed by atoms with Crippen LogP contribution in [-0.2, 0) is 9.53 Å². The molecule has 0 radical (unpaired) electrons. The smallest absolute Gasteiger partial charge is 0.237 e. The third kappa shape index (κ3) is 4.31. The van der Waals surface area contributed by atoms with E-state index in [0.717, 1.165) is 18.4 Å². The molecule has 1 aromatic rings. The lowest BCUT2D eigenvalue weighted by molar-refractivity contribution is -0.136. The van der Waals surface area contributed by atoms with Crippen LogP contribution < -0.4 is 5.32 Å². The molecule has 1 amide bonds. The van der Waals surface area contributed by atoms with Crippen molar-refractivity contribution in [1.82, 2.24) is 10.2 Å². The number of amides is 1. The Bertz CT molecular complexity index is 453. The summed E-state index contributed by atoms with van der Waals surface area (Å²) in [5.74, 6) is 0.191. The highest BCUT2D eigenvalue weighted by Crippen LogP contribution is 2.22. The molecule has 1 saturated heterocycles. The Morgan fingerprint density at radius 1 is 1.27 bits per heavy atom. The molecule has 0 bridgehead atoms. The second-order valence-corrected chi connectivity index (χ2v) is 6.23. The van der Waals surface area contributed by atoms with E-state index in [1.54, 1.807) is 7.11 Å². The van der Waals surface area contributed by atoms with Crippen LogP contribution in [0.4, 0.5) is 0 Å². The number of hydrogen-bond donors (Lipinski definition) is 1. The van der Waals surface area contributed by atoms with Crippen molar-refractivity contribution < 1.29 is 9.53 Å². The average molecular weight is 304 g/mol. The van der Waals surface area contributed by atoms with Gasteiger partial charge in [-0.15, -0.1) is 0 Å². The number of nitrogens with one attached hydrogen (secondary N) is 1. The fourth-order valence-corrected chi connectivity index (χ4v) is 3.34. The maximum atomic E-state index is 12.6. The molecule has 3 atom stereocenters. The van der Waals surface area contributed by atoms with Gasteiger partial charge in [0.05, 0.1) is 19.2 Å². The number of ether oxygens (including phenoxy) is 1. The molecule has 4 heteroatoms. The number of carbonyl (C=O) groups is 1. The topological polar surface area (TPSA) is 41.6 Å². The maximum Gasteiger partial charge on any atom is 0.237 e. The zero-order valence-corrected chi connectivity index (χ0v) is 13.9. The van der Waals surface area contributed by atoms with Crippen molar-refractivity contribution in [3.8, 4) is 0 Å². The molecule has 22 heavy (non-hydrogen) atoms. The molecule has 0 aromatic heterocycles. The second-order valence-electron chi connectivity index (χ2n) is 6.23. The first kappa shape index (κ1) is 17.0. The van der Waals surface area contributed by atoms with Crippen LogP contribution in [0.1, 0.15) is 44.7 Å². The van der Waals surface area contributed by atoms with Crippen LogP contribution in [0.2, 0.25) is 0 Å². The summed E-state index contributed by atoms with van der Waals surface area (Å²) in [6, 6.07) is 10.9. The first-order chi connectivity index (χ1) is 10.6. The summed E-state index contributed by atoms with van der Waals surface area (Å²) in [7, 11) is 1.69. The van der Waals surface area contributed by atoms with Gasteiger partial charge in [0.2, 0.25) is 5.91 Å². The van der Waals surface area contributed by atoms with Gasteiger partial charge < -0.3 is 9.64 Å². The van der Waals surface area contributed by atoms with Gasteiger partial charge in [0.25, 0.3) is 0 Å². The van der Waals surface area contributed by atoms with Crippen molar-refractivity contribution in [3.05, 3.63) is 35.9 Å². The molecule has 1 aliphatic rings. The van der Waals surface area contributed by atoms with E-state index in [1.807, 2.05) is 23.1 Å². The highest BCUT2D eigenvalue weighted by Gasteiger charge is 2.28. The van der Waals surface area contributed by atoms with Crippen LogP contribution in [0.15, 0.2) is 30.3 Å². The predicted molar refractivity (Wildman–Crippen MR) is 88.7 cm³/mol. The Morgan fingerprint density at radius 3 is 2.50 bits per heavy atom. The molecule has 122 valence electrons. The standard InChI is InChI=1S/C18H28N2O2/c1-14-8-7-9-15(2)20(14)18(21)12-19-17(13-22-3)16-10-5-4-6-11-16/h4-6,10-11,14-15,17,19H,7-9,12-13H2,1-3H3/t14-,15+,17-/m0/s1. The molecule has 0 spiro atoms. The van der Waals surface area contributed by atoms with E-state index in [-0.39, 0.29) is 11.9 Å². The first-order valence-electron chi connectivity index (χ1n) is 8.22. The monoisotopic (exact) mass is 304 g/mol. The van der Waals surface area contributed by atoms with Crippen molar-refractivity contribution in [3.63, 3.8) is 0 Å². The molecule has 0 saturated carbocycles. The summed E-state index contributed by atoms with van der Waals surface area (Å²) in [6.07, 6.45) is 3.43. The van der Waals surface area contributed by atoms with Gasteiger partial charge >= 0.3 is 0 Å². The molecule has 1 fully saturated rings. The zero-order chi connectivity index (χ0) is 15.9. The van der Waals surface area contributed by atoms with Crippen molar-refractivity contribution in [1.29, 1.82) is 0 Å². The molecule has 1 N–H and O–H groups in total. The molecule has 2 rings (SSSR count). The van der Waals surface area contributed by atoms with E-state index in [0.29, 0.717) is 25.2 Å². The largest absolute Gasteiger partial charge is 0.383 e. The normalized spacial score (nSPS) is 23.3. The number of rotatable bonds is 6. The van der Waals surface area contributed by atoms with E-state index in [9.17, 15) is 4.79 Å². The molecule has 1 aromatic carbocycles. The number of benzene rings is 1.